The van der Waals surface area contributed by atoms with Crippen molar-refractivity contribution >= 4 is 23.4 Å². The second-order valence-corrected chi connectivity index (χ2v) is 6.47. The molecule has 1 fully saturated rings. The molecule has 0 heterocycles. The number of amides is 1. The number of hydrogen-bond acceptors (Lipinski definition) is 4. The lowest BCUT2D eigenvalue weighted by Gasteiger charge is -2.20. The minimum atomic E-state index is -0.0459. The molecule has 5 heteroatoms. The molecule has 2 atom stereocenters. The second-order valence-electron chi connectivity index (χ2n) is 4.96. The first-order valence-corrected chi connectivity index (χ1v) is 8.13. The van der Waals surface area contributed by atoms with Gasteiger partial charge in [0.1, 0.15) is 5.75 Å². The molecule has 1 amide bonds. The monoisotopic (exact) mass is 294 g/mol. The first kappa shape index (κ1) is 15.0. The SMILES string of the molecule is CCSC1CCCC1NC(=O)COc1ccc(N)cc1. The molecule has 1 aliphatic rings. The van der Waals surface area contributed by atoms with Gasteiger partial charge in [-0.25, -0.2) is 0 Å². The van der Waals surface area contributed by atoms with Gasteiger partial charge >= 0.3 is 0 Å². The number of nitrogens with two attached hydrogens (primary N) is 1. The lowest BCUT2D eigenvalue weighted by molar-refractivity contribution is -0.123. The van der Waals surface area contributed by atoms with Crippen LogP contribution >= 0.6 is 11.8 Å². The summed E-state index contributed by atoms with van der Waals surface area (Å²) in [4.78, 5) is 11.9. The van der Waals surface area contributed by atoms with Gasteiger partial charge in [0.15, 0.2) is 6.61 Å². The predicted molar refractivity (Wildman–Crippen MR) is 84.1 cm³/mol. The van der Waals surface area contributed by atoms with E-state index in [1.54, 1.807) is 24.3 Å². The lowest BCUT2D eigenvalue weighted by Crippen LogP contribution is -2.41. The molecule has 0 radical (unpaired) electrons. The third-order valence-corrected chi connectivity index (χ3v) is 4.76. The summed E-state index contributed by atoms with van der Waals surface area (Å²) in [7, 11) is 0. The fraction of sp³-hybridized carbons (Fsp3) is 0.533. The molecular weight excluding hydrogens is 272 g/mol. The highest BCUT2D eigenvalue weighted by Crippen LogP contribution is 2.29. The van der Waals surface area contributed by atoms with Crippen molar-refractivity contribution in [2.75, 3.05) is 18.1 Å². The fourth-order valence-corrected chi connectivity index (χ4v) is 3.66. The highest BCUT2D eigenvalue weighted by molar-refractivity contribution is 7.99. The van der Waals surface area contributed by atoms with Crippen LogP contribution in [0.2, 0.25) is 0 Å². The summed E-state index contributed by atoms with van der Waals surface area (Å²) in [5.41, 5.74) is 6.29. The zero-order chi connectivity index (χ0) is 14.4. The third-order valence-electron chi connectivity index (χ3n) is 3.43. The average Bonchev–Trinajstić information content (AvgIpc) is 2.86. The Labute approximate surface area is 124 Å². The van der Waals surface area contributed by atoms with Crippen molar-refractivity contribution in [3.8, 4) is 5.75 Å². The third kappa shape index (κ3) is 4.34. The van der Waals surface area contributed by atoms with Gasteiger partial charge in [-0.05, 0) is 42.9 Å². The molecule has 110 valence electrons. The summed E-state index contributed by atoms with van der Waals surface area (Å²) in [6.45, 7) is 2.22. The molecule has 2 rings (SSSR count). The van der Waals surface area contributed by atoms with Crippen molar-refractivity contribution in [1.82, 2.24) is 5.32 Å². The van der Waals surface area contributed by atoms with E-state index in [4.69, 9.17) is 10.5 Å². The van der Waals surface area contributed by atoms with Gasteiger partial charge in [0.05, 0.1) is 0 Å². The van der Waals surface area contributed by atoms with Crippen LogP contribution in [-0.4, -0.2) is 29.6 Å². The molecule has 4 nitrogen and oxygen atoms in total. The number of hydrogen-bond donors (Lipinski definition) is 2. The van der Waals surface area contributed by atoms with Crippen LogP contribution in [-0.2, 0) is 4.79 Å². The molecule has 1 aliphatic carbocycles. The molecule has 1 aromatic rings. The van der Waals surface area contributed by atoms with Gasteiger partial charge in [0.2, 0.25) is 0 Å². The topological polar surface area (TPSA) is 64.3 Å². The number of nitrogen functional groups attached to an aromatic ring is 1. The molecule has 3 N–H and O–H groups in total. The summed E-state index contributed by atoms with van der Waals surface area (Å²) in [5.74, 6) is 1.72. The molecule has 0 saturated heterocycles. The zero-order valence-electron chi connectivity index (χ0n) is 11.8. The van der Waals surface area contributed by atoms with Gasteiger partial charge in [-0.2, -0.15) is 11.8 Å². The number of carbonyl (C=O) groups is 1. The van der Waals surface area contributed by atoms with Crippen LogP contribution in [0.15, 0.2) is 24.3 Å². The van der Waals surface area contributed by atoms with E-state index in [1.807, 2.05) is 11.8 Å². The maximum atomic E-state index is 11.9. The van der Waals surface area contributed by atoms with Crippen LogP contribution in [0.5, 0.6) is 5.75 Å². The number of carbonyl (C=O) groups excluding carboxylic acids is 1. The van der Waals surface area contributed by atoms with Gasteiger partial charge in [-0.3, -0.25) is 4.79 Å². The summed E-state index contributed by atoms with van der Waals surface area (Å²) < 4.78 is 5.45. The van der Waals surface area contributed by atoms with Crippen LogP contribution in [0.4, 0.5) is 5.69 Å². The number of ether oxygens (including phenoxy) is 1. The molecule has 0 bridgehead atoms. The van der Waals surface area contributed by atoms with E-state index in [9.17, 15) is 4.79 Å². The highest BCUT2D eigenvalue weighted by atomic mass is 32.2. The van der Waals surface area contributed by atoms with Crippen molar-refractivity contribution in [3.63, 3.8) is 0 Å². The van der Waals surface area contributed by atoms with Gasteiger partial charge in [0, 0.05) is 17.0 Å². The number of nitrogens with one attached hydrogen (secondary N) is 1. The summed E-state index contributed by atoms with van der Waals surface area (Å²) in [6, 6.07) is 7.36. The lowest BCUT2D eigenvalue weighted by atomic mass is 10.2. The Morgan fingerprint density at radius 1 is 1.40 bits per heavy atom. The van der Waals surface area contributed by atoms with Crippen molar-refractivity contribution in [2.24, 2.45) is 0 Å². The van der Waals surface area contributed by atoms with Crippen molar-refractivity contribution in [3.05, 3.63) is 24.3 Å². The molecule has 0 aromatic heterocycles. The van der Waals surface area contributed by atoms with E-state index in [1.165, 1.54) is 12.8 Å². The average molecular weight is 294 g/mol. The van der Waals surface area contributed by atoms with Crippen molar-refractivity contribution < 1.29 is 9.53 Å². The fourth-order valence-electron chi connectivity index (χ4n) is 2.47. The summed E-state index contributed by atoms with van der Waals surface area (Å²) in [5, 5.41) is 3.64. The minimum Gasteiger partial charge on any atom is -0.484 e. The minimum absolute atomic E-state index is 0.0459. The van der Waals surface area contributed by atoms with E-state index in [-0.39, 0.29) is 12.5 Å². The Hall–Kier alpha value is -1.36. The first-order chi connectivity index (χ1) is 9.69. The number of benzene rings is 1. The molecular formula is C15H22N2O2S. The predicted octanol–water partition coefficient (Wildman–Crippen LogP) is 2.44. The molecule has 1 saturated carbocycles. The van der Waals surface area contributed by atoms with E-state index in [0.717, 1.165) is 12.2 Å². The Balaban J connectivity index is 1.76. The molecule has 20 heavy (non-hydrogen) atoms. The molecule has 1 aromatic carbocycles. The largest absolute Gasteiger partial charge is 0.484 e. The maximum absolute atomic E-state index is 11.9. The standard InChI is InChI=1S/C15H22N2O2S/c1-2-20-14-5-3-4-13(14)17-15(18)10-19-12-8-6-11(16)7-9-12/h6-9,13-14H,2-5,10,16H2,1H3,(H,17,18). The van der Waals surface area contributed by atoms with E-state index in [0.29, 0.717) is 22.7 Å². The van der Waals surface area contributed by atoms with Gasteiger partial charge in [-0.1, -0.05) is 13.3 Å². The number of anilines is 1. The van der Waals surface area contributed by atoms with Crippen LogP contribution < -0.4 is 15.8 Å². The second kappa shape index (κ2) is 7.43. The van der Waals surface area contributed by atoms with Gasteiger partial charge in [-0.15, -0.1) is 0 Å². The smallest absolute Gasteiger partial charge is 0.258 e. The first-order valence-electron chi connectivity index (χ1n) is 7.08. The summed E-state index contributed by atoms with van der Waals surface area (Å²) >= 11 is 1.94. The van der Waals surface area contributed by atoms with Crippen LogP contribution in [0.3, 0.4) is 0 Å². The Kier molecular flexibility index (Phi) is 5.59. The molecule has 0 spiro atoms. The van der Waals surface area contributed by atoms with Crippen molar-refractivity contribution in [1.29, 1.82) is 0 Å². The highest BCUT2D eigenvalue weighted by Gasteiger charge is 2.28. The van der Waals surface area contributed by atoms with Crippen LogP contribution in [0.25, 0.3) is 0 Å². The molecule has 0 aliphatic heterocycles. The Morgan fingerprint density at radius 2 is 2.15 bits per heavy atom. The van der Waals surface area contributed by atoms with Crippen LogP contribution in [0, 0.1) is 0 Å². The van der Waals surface area contributed by atoms with Gasteiger partial charge in [0.25, 0.3) is 5.91 Å². The van der Waals surface area contributed by atoms with Crippen molar-refractivity contribution in [2.45, 2.75) is 37.5 Å². The summed E-state index contributed by atoms with van der Waals surface area (Å²) in [6.07, 6.45) is 3.47. The van der Waals surface area contributed by atoms with E-state index >= 15 is 0 Å². The number of thioether (sulfide) groups is 1. The molecule has 2 unspecified atom stereocenters. The normalized spacial score (nSPS) is 21.6. The maximum Gasteiger partial charge on any atom is 0.258 e. The Bertz CT molecular complexity index is 436. The number of rotatable bonds is 6. The van der Waals surface area contributed by atoms with E-state index < -0.39 is 0 Å². The van der Waals surface area contributed by atoms with Gasteiger partial charge < -0.3 is 15.8 Å². The quantitative estimate of drug-likeness (QED) is 0.791. The Morgan fingerprint density at radius 3 is 2.85 bits per heavy atom. The van der Waals surface area contributed by atoms with Crippen LogP contribution in [0.1, 0.15) is 26.2 Å². The zero-order valence-corrected chi connectivity index (χ0v) is 12.6. The van der Waals surface area contributed by atoms with E-state index in [2.05, 4.69) is 12.2 Å².